The largest absolute Gasteiger partial charge is 0.451 e. The Balaban J connectivity index is 2.32. The van der Waals surface area contributed by atoms with E-state index in [1.54, 1.807) is 13.8 Å². The van der Waals surface area contributed by atoms with Crippen molar-refractivity contribution in [2.24, 2.45) is 0 Å². The molecule has 1 aromatic heterocycles. The summed E-state index contributed by atoms with van der Waals surface area (Å²) < 4.78 is 43.5. The Morgan fingerprint density at radius 1 is 1.28 bits per heavy atom. The van der Waals surface area contributed by atoms with Crippen molar-refractivity contribution in [2.75, 3.05) is 13.1 Å². The van der Waals surface area contributed by atoms with Gasteiger partial charge < -0.3 is 9.73 Å². The molecule has 0 radical (unpaired) electrons. The SMILES string of the molecule is CC(C)c1nc(C2CCNCC2)oc1C(F)(F)F. The van der Waals surface area contributed by atoms with Crippen LogP contribution in [0.25, 0.3) is 0 Å². The van der Waals surface area contributed by atoms with Gasteiger partial charge in [-0.05, 0) is 31.8 Å². The van der Waals surface area contributed by atoms with Crippen LogP contribution in [0, 0.1) is 0 Å². The van der Waals surface area contributed by atoms with Gasteiger partial charge in [0.25, 0.3) is 0 Å². The van der Waals surface area contributed by atoms with Crippen LogP contribution in [0.4, 0.5) is 13.2 Å². The standard InChI is InChI=1S/C12H17F3N2O/c1-7(2)9-10(12(13,14)15)18-11(17-9)8-3-5-16-6-4-8/h7-8,16H,3-6H2,1-2H3. The predicted molar refractivity (Wildman–Crippen MR) is 60.4 cm³/mol. The van der Waals surface area contributed by atoms with Gasteiger partial charge in [0.1, 0.15) is 0 Å². The molecule has 2 rings (SSSR count). The maximum Gasteiger partial charge on any atom is 0.451 e. The fourth-order valence-electron chi connectivity index (χ4n) is 2.19. The van der Waals surface area contributed by atoms with E-state index in [9.17, 15) is 13.2 Å². The molecule has 0 aliphatic carbocycles. The second-order valence-corrected chi connectivity index (χ2v) is 4.94. The van der Waals surface area contributed by atoms with Gasteiger partial charge in [0, 0.05) is 5.92 Å². The van der Waals surface area contributed by atoms with Gasteiger partial charge >= 0.3 is 6.18 Å². The third-order valence-corrected chi connectivity index (χ3v) is 3.16. The molecule has 0 bridgehead atoms. The number of piperidine rings is 1. The van der Waals surface area contributed by atoms with E-state index in [2.05, 4.69) is 10.3 Å². The summed E-state index contributed by atoms with van der Waals surface area (Å²) in [6.45, 7) is 4.98. The van der Waals surface area contributed by atoms with Crippen LogP contribution >= 0.6 is 0 Å². The molecule has 102 valence electrons. The van der Waals surface area contributed by atoms with Gasteiger partial charge in [-0.2, -0.15) is 13.2 Å². The van der Waals surface area contributed by atoms with Crippen LogP contribution in [-0.4, -0.2) is 18.1 Å². The van der Waals surface area contributed by atoms with Crippen LogP contribution in [0.5, 0.6) is 0 Å². The maximum atomic E-state index is 12.8. The first-order valence-corrected chi connectivity index (χ1v) is 6.18. The number of aromatic nitrogens is 1. The zero-order chi connectivity index (χ0) is 13.3. The van der Waals surface area contributed by atoms with Crippen LogP contribution in [0.1, 0.15) is 55.9 Å². The summed E-state index contributed by atoms with van der Waals surface area (Å²) >= 11 is 0. The van der Waals surface area contributed by atoms with E-state index in [4.69, 9.17) is 4.42 Å². The summed E-state index contributed by atoms with van der Waals surface area (Å²) in [5, 5.41) is 3.17. The molecule has 2 heterocycles. The van der Waals surface area contributed by atoms with Crippen LogP contribution in [0.3, 0.4) is 0 Å². The summed E-state index contributed by atoms with van der Waals surface area (Å²) in [5.74, 6) is -0.973. The Kier molecular flexibility index (Phi) is 3.66. The molecule has 1 aliphatic heterocycles. The lowest BCUT2D eigenvalue weighted by Gasteiger charge is -2.19. The molecule has 0 atom stereocenters. The summed E-state index contributed by atoms with van der Waals surface area (Å²) in [5.41, 5.74) is 0.0241. The summed E-state index contributed by atoms with van der Waals surface area (Å²) in [6.07, 6.45) is -2.91. The number of hydrogen-bond donors (Lipinski definition) is 1. The van der Waals surface area contributed by atoms with E-state index in [0.29, 0.717) is 0 Å². The van der Waals surface area contributed by atoms with Crippen LogP contribution < -0.4 is 5.32 Å². The Morgan fingerprint density at radius 3 is 2.33 bits per heavy atom. The summed E-state index contributed by atoms with van der Waals surface area (Å²) in [7, 11) is 0. The summed E-state index contributed by atoms with van der Waals surface area (Å²) in [6, 6.07) is 0. The Bertz CT molecular complexity index is 406. The lowest BCUT2D eigenvalue weighted by atomic mass is 9.98. The maximum absolute atomic E-state index is 12.8. The molecule has 1 N–H and O–H groups in total. The van der Waals surface area contributed by atoms with E-state index in [0.717, 1.165) is 25.9 Å². The zero-order valence-corrected chi connectivity index (χ0v) is 10.5. The Hall–Kier alpha value is -1.04. The molecule has 3 nitrogen and oxygen atoms in total. The number of nitrogens with zero attached hydrogens (tertiary/aromatic N) is 1. The van der Waals surface area contributed by atoms with E-state index in [-0.39, 0.29) is 23.4 Å². The van der Waals surface area contributed by atoms with Crippen LogP contribution in [0.2, 0.25) is 0 Å². The minimum absolute atomic E-state index is 0.000139. The third kappa shape index (κ3) is 2.68. The third-order valence-electron chi connectivity index (χ3n) is 3.16. The van der Waals surface area contributed by atoms with Gasteiger partial charge in [-0.15, -0.1) is 0 Å². The molecule has 1 aliphatic rings. The molecule has 0 spiro atoms. The van der Waals surface area contributed by atoms with Gasteiger partial charge in [-0.25, -0.2) is 4.98 Å². The van der Waals surface area contributed by atoms with Gasteiger partial charge in [-0.3, -0.25) is 0 Å². The van der Waals surface area contributed by atoms with Crippen LogP contribution in [-0.2, 0) is 6.18 Å². The van der Waals surface area contributed by atoms with Gasteiger partial charge in [0.05, 0.1) is 5.69 Å². The van der Waals surface area contributed by atoms with Gasteiger partial charge in [0.15, 0.2) is 5.89 Å². The number of rotatable bonds is 2. The zero-order valence-electron chi connectivity index (χ0n) is 10.5. The number of hydrogen-bond acceptors (Lipinski definition) is 3. The second kappa shape index (κ2) is 4.91. The monoisotopic (exact) mass is 262 g/mol. The molecule has 1 fully saturated rings. The van der Waals surface area contributed by atoms with E-state index < -0.39 is 11.9 Å². The molecule has 0 aromatic carbocycles. The molecule has 6 heteroatoms. The topological polar surface area (TPSA) is 38.1 Å². The van der Waals surface area contributed by atoms with Crippen molar-refractivity contribution in [3.8, 4) is 0 Å². The first kappa shape index (κ1) is 13.4. The molecular formula is C12H17F3N2O. The number of nitrogens with one attached hydrogen (secondary N) is 1. The smallest absolute Gasteiger partial charge is 0.435 e. The molecule has 0 saturated carbocycles. The highest BCUT2D eigenvalue weighted by Crippen LogP contribution is 2.38. The molecule has 1 aromatic rings. The minimum Gasteiger partial charge on any atom is -0.435 e. The normalized spacial score (nSPS) is 18.6. The number of oxazole rings is 1. The van der Waals surface area contributed by atoms with E-state index in [1.807, 2.05) is 0 Å². The van der Waals surface area contributed by atoms with Gasteiger partial charge in [0.2, 0.25) is 5.76 Å². The van der Waals surface area contributed by atoms with Crippen molar-refractivity contribution in [2.45, 2.75) is 44.7 Å². The quantitative estimate of drug-likeness (QED) is 0.888. The number of alkyl halides is 3. The van der Waals surface area contributed by atoms with Crippen molar-refractivity contribution in [3.05, 3.63) is 17.3 Å². The average molecular weight is 262 g/mol. The van der Waals surface area contributed by atoms with E-state index in [1.165, 1.54) is 0 Å². The average Bonchev–Trinajstić information content (AvgIpc) is 2.74. The summed E-state index contributed by atoms with van der Waals surface area (Å²) in [4.78, 5) is 4.09. The lowest BCUT2D eigenvalue weighted by molar-refractivity contribution is -0.154. The molecule has 0 unspecified atom stereocenters. The van der Waals surface area contributed by atoms with Crippen molar-refractivity contribution in [3.63, 3.8) is 0 Å². The fourth-order valence-corrected chi connectivity index (χ4v) is 2.19. The second-order valence-electron chi connectivity index (χ2n) is 4.94. The predicted octanol–water partition coefficient (Wildman–Crippen LogP) is 3.28. The number of halogens is 3. The minimum atomic E-state index is -4.46. The molecule has 0 amide bonds. The first-order valence-electron chi connectivity index (χ1n) is 6.18. The molecule has 18 heavy (non-hydrogen) atoms. The highest BCUT2D eigenvalue weighted by Gasteiger charge is 2.41. The van der Waals surface area contributed by atoms with Crippen LogP contribution in [0.15, 0.2) is 4.42 Å². The lowest BCUT2D eigenvalue weighted by Crippen LogP contribution is -2.26. The van der Waals surface area contributed by atoms with E-state index >= 15 is 0 Å². The first-order chi connectivity index (χ1) is 8.39. The van der Waals surface area contributed by atoms with Crippen molar-refractivity contribution in [1.82, 2.24) is 10.3 Å². The Morgan fingerprint density at radius 2 is 1.89 bits per heavy atom. The fraction of sp³-hybridized carbons (Fsp3) is 0.750. The highest BCUT2D eigenvalue weighted by molar-refractivity contribution is 5.18. The van der Waals surface area contributed by atoms with Crippen molar-refractivity contribution < 1.29 is 17.6 Å². The van der Waals surface area contributed by atoms with Crippen molar-refractivity contribution >= 4 is 0 Å². The molecular weight excluding hydrogens is 245 g/mol. The highest BCUT2D eigenvalue weighted by atomic mass is 19.4. The van der Waals surface area contributed by atoms with Gasteiger partial charge in [-0.1, -0.05) is 13.8 Å². The Labute approximate surface area is 104 Å². The molecule has 1 saturated heterocycles. The van der Waals surface area contributed by atoms with Crippen molar-refractivity contribution in [1.29, 1.82) is 0 Å².